The van der Waals surface area contributed by atoms with Gasteiger partial charge < -0.3 is 10.4 Å². The summed E-state index contributed by atoms with van der Waals surface area (Å²) in [6.07, 6.45) is 0. The number of aromatic carboxylic acids is 1. The van der Waals surface area contributed by atoms with Gasteiger partial charge >= 0.3 is 5.97 Å². The van der Waals surface area contributed by atoms with E-state index in [1.54, 1.807) is 12.1 Å². The van der Waals surface area contributed by atoms with Gasteiger partial charge in [0, 0.05) is 22.5 Å². The third-order valence-corrected chi connectivity index (χ3v) is 3.14. The van der Waals surface area contributed by atoms with E-state index in [4.69, 9.17) is 16.7 Å². The summed E-state index contributed by atoms with van der Waals surface area (Å²) in [5.41, 5.74) is 1.20. The van der Waals surface area contributed by atoms with Crippen LogP contribution in [0.3, 0.4) is 0 Å². The van der Waals surface area contributed by atoms with Gasteiger partial charge in [0.1, 0.15) is 5.56 Å². The zero-order chi connectivity index (χ0) is 15.6. The molecule has 0 aromatic heterocycles. The van der Waals surface area contributed by atoms with Crippen LogP contribution in [0.1, 0.15) is 15.9 Å². The van der Waals surface area contributed by atoms with Crippen molar-refractivity contribution in [2.45, 2.75) is 6.92 Å². The van der Waals surface area contributed by atoms with Crippen LogP contribution in [0.15, 0.2) is 36.4 Å². The number of nitrogens with one attached hydrogen (secondary N) is 1. The Labute approximate surface area is 125 Å². The highest BCUT2D eigenvalue weighted by atomic mass is 35.5. The highest BCUT2D eigenvalue weighted by Gasteiger charge is 2.20. The Morgan fingerprint density at radius 3 is 2.62 bits per heavy atom. The summed E-state index contributed by atoms with van der Waals surface area (Å²) in [6.45, 7) is 1.86. The van der Waals surface area contributed by atoms with Crippen molar-refractivity contribution in [3.8, 4) is 0 Å². The van der Waals surface area contributed by atoms with Crippen molar-refractivity contribution in [1.82, 2.24) is 0 Å². The van der Waals surface area contributed by atoms with E-state index in [2.05, 4.69) is 5.32 Å². The van der Waals surface area contributed by atoms with Gasteiger partial charge in [-0.15, -0.1) is 0 Å². The van der Waals surface area contributed by atoms with E-state index in [0.29, 0.717) is 16.4 Å². The Bertz CT molecular complexity index is 731. The van der Waals surface area contributed by atoms with Gasteiger partial charge in [-0.2, -0.15) is 0 Å². The molecule has 0 atom stereocenters. The van der Waals surface area contributed by atoms with Crippen molar-refractivity contribution < 1.29 is 14.8 Å². The van der Waals surface area contributed by atoms with Crippen LogP contribution in [-0.2, 0) is 0 Å². The van der Waals surface area contributed by atoms with Crippen LogP contribution in [0.5, 0.6) is 0 Å². The molecule has 0 unspecified atom stereocenters. The Kier molecular flexibility index (Phi) is 4.09. The predicted molar refractivity (Wildman–Crippen MR) is 79.5 cm³/mol. The maximum absolute atomic E-state index is 11.0. The number of nitro groups is 1. The maximum Gasteiger partial charge on any atom is 0.342 e. The van der Waals surface area contributed by atoms with E-state index >= 15 is 0 Å². The zero-order valence-electron chi connectivity index (χ0n) is 11.0. The molecule has 2 N–H and O–H groups in total. The topological polar surface area (TPSA) is 92.5 Å². The Balaban J connectivity index is 2.41. The van der Waals surface area contributed by atoms with Crippen molar-refractivity contribution in [1.29, 1.82) is 0 Å². The number of carboxylic acids is 1. The van der Waals surface area contributed by atoms with Crippen LogP contribution in [0.4, 0.5) is 17.1 Å². The number of hydrogen-bond acceptors (Lipinski definition) is 4. The quantitative estimate of drug-likeness (QED) is 0.658. The molecule has 6 nitrogen and oxygen atoms in total. The number of aryl methyl sites for hydroxylation is 1. The number of halogens is 1. The molecule has 7 heteroatoms. The average molecular weight is 307 g/mol. The van der Waals surface area contributed by atoms with Crippen LogP contribution >= 0.6 is 11.6 Å². The fourth-order valence-electron chi connectivity index (χ4n) is 1.83. The van der Waals surface area contributed by atoms with Gasteiger partial charge in [0.05, 0.1) is 4.92 Å². The number of rotatable bonds is 4. The number of nitro benzene ring substituents is 1. The Morgan fingerprint density at radius 1 is 1.29 bits per heavy atom. The van der Waals surface area contributed by atoms with Crippen LogP contribution < -0.4 is 5.32 Å². The lowest BCUT2D eigenvalue weighted by molar-refractivity contribution is -0.385. The van der Waals surface area contributed by atoms with Crippen LogP contribution in [0.25, 0.3) is 0 Å². The number of nitrogens with zero attached hydrogens (tertiary/aromatic N) is 1. The molecule has 2 rings (SSSR count). The smallest absolute Gasteiger partial charge is 0.342 e. The van der Waals surface area contributed by atoms with Crippen LogP contribution in [0.2, 0.25) is 5.02 Å². The molecule has 0 bridgehead atoms. The number of carboxylic acid groups (broad SMARTS) is 1. The molecule has 0 fully saturated rings. The second kappa shape index (κ2) is 5.80. The molecular weight excluding hydrogens is 296 g/mol. The molecule has 0 spiro atoms. The fourth-order valence-corrected chi connectivity index (χ4v) is 2.00. The van der Waals surface area contributed by atoms with E-state index < -0.39 is 16.6 Å². The first-order valence-corrected chi connectivity index (χ1v) is 6.31. The summed E-state index contributed by atoms with van der Waals surface area (Å²) in [5.74, 6) is -1.34. The number of benzene rings is 2. The van der Waals surface area contributed by atoms with Crippen molar-refractivity contribution in [2.24, 2.45) is 0 Å². The second-order valence-corrected chi connectivity index (χ2v) is 4.81. The average Bonchev–Trinajstić information content (AvgIpc) is 2.42. The molecule has 21 heavy (non-hydrogen) atoms. The van der Waals surface area contributed by atoms with Gasteiger partial charge in [0.25, 0.3) is 5.69 Å². The van der Waals surface area contributed by atoms with Gasteiger partial charge in [0.2, 0.25) is 0 Å². The molecule has 0 aliphatic carbocycles. The number of hydrogen-bond donors (Lipinski definition) is 2. The summed E-state index contributed by atoms with van der Waals surface area (Å²) in [7, 11) is 0. The molecule has 108 valence electrons. The summed E-state index contributed by atoms with van der Waals surface area (Å²) in [6, 6.07) is 9.08. The van der Waals surface area contributed by atoms with Crippen molar-refractivity contribution in [3.05, 3.63) is 62.7 Å². The first kappa shape index (κ1) is 14.8. The molecule has 2 aromatic rings. The van der Waals surface area contributed by atoms with Crippen molar-refractivity contribution >= 4 is 34.6 Å². The Hall–Kier alpha value is -2.60. The van der Waals surface area contributed by atoms with Gasteiger partial charge in [-0.1, -0.05) is 17.7 Å². The maximum atomic E-state index is 11.0. The lowest BCUT2D eigenvalue weighted by Gasteiger charge is -2.10. The molecule has 0 aliphatic heterocycles. The van der Waals surface area contributed by atoms with E-state index in [1.807, 2.05) is 13.0 Å². The Morgan fingerprint density at radius 2 is 2.00 bits per heavy atom. The van der Waals surface area contributed by atoms with E-state index in [0.717, 1.165) is 5.56 Å². The highest BCUT2D eigenvalue weighted by Crippen LogP contribution is 2.28. The second-order valence-electron chi connectivity index (χ2n) is 4.38. The number of carbonyl (C=O) groups is 1. The van der Waals surface area contributed by atoms with Gasteiger partial charge in [-0.25, -0.2) is 4.79 Å². The molecule has 0 radical (unpaired) electrons. The normalized spacial score (nSPS) is 10.2. The van der Waals surface area contributed by atoms with Crippen molar-refractivity contribution in [2.75, 3.05) is 5.32 Å². The molecule has 0 saturated carbocycles. The van der Waals surface area contributed by atoms with Gasteiger partial charge in [-0.05, 0) is 36.8 Å². The first-order valence-electron chi connectivity index (χ1n) is 5.93. The fraction of sp³-hybridized carbons (Fsp3) is 0.0714. The largest absolute Gasteiger partial charge is 0.477 e. The van der Waals surface area contributed by atoms with Gasteiger partial charge in [-0.3, -0.25) is 10.1 Å². The monoisotopic (exact) mass is 306 g/mol. The molecular formula is C14H11ClN2O4. The summed E-state index contributed by atoms with van der Waals surface area (Å²) in [4.78, 5) is 21.2. The third kappa shape index (κ3) is 3.29. The summed E-state index contributed by atoms with van der Waals surface area (Å²) >= 11 is 5.91. The minimum absolute atomic E-state index is 0.353. The van der Waals surface area contributed by atoms with Crippen LogP contribution in [0, 0.1) is 17.0 Å². The lowest BCUT2D eigenvalue weighted by Crippen LogP contribution is -2.03. The van der Waals surface area contributed by atoms with E-state index in [-0.39, 0.29) is 5.56 Å². The minimum atomic E-state index is -1.34. The van der Waals surface area contributed by atoms with Crippen molar-refractivity contribution in [3.63, 3.8) is 0 Å². The molecule has 0 amide bonds. The van der Waals surface area contributed by atoms with Crippen LogP contribution in [-0.4, -0.2) is 16.0 Å². The predicted octanol–water partition coefficient (Wildman–Crippen LogP) is 4.00. The molecule has 0 saturated heterocycles. The molecule has 2 aromatic carbocycles. The SMILES string of the molecule is Cc1ccc(Cl)cc1Nc1ccc(C(=O)O)c([N+](=O)[O-])c1. The first-order chi connectivity index (χ1) is 9.88. The number of anilines is 2. The lowest BCUT2D eigenvalue weighted by atomic mass is 10.1. The molecule has 0 aliphatic rings. The minimum Gasteiger partial charge on any atom is -0.477 e. The third-order valence-electron chi connectivity index (χ3n) is 2.90. The zero-order valence-corrected chi connectivity index (χ0v) is 11.7. The summed E-state index contributed by atoms with van der Waals surface area (Å²) < 4.78 is 0. The van der Waals surface area contributed by atoms with E-state index in [1.165, 1.54) is 18.2 Å². The highest BCUT2D eigenvalue weighted by molar-refractivity contribution is 6.30. The van der Waals surface area contributed by atoms with Gasteiger partial charge in [0.15, 0.2) is 0 Å². The standard InChI is InChI=1S/C14H11ClN2O4/c1-8-2-3-9(15)6-12(8)16-10-4-5-11(14(18)19)13(7-10)17(20)21/h2-7,16H,1H3,(H,18,19). The van der Waals surface area contributed by atoms with E-state index in [9.17, 15) is 14.9 Å². The molecule has 0 heterocycles. The summed E-state index contributed by atoms with van der Waals surface area (Å²) in [5, 5.41) is 23.4.